The number of hydrogen-bond donors (Lipinski definition) is 1. The largest absolute Gasteiger partial charge is 0.460 e. The number of aliphatic hydroxyl groups is 1. The predicted molar refractivity (Wildman–Crippen MR) is 106 cm³/mol. The number of esters is 1. The Morgan fingerprint density at radius 3 is 2.10 bits per heavy atom. The summed E-state index contributed by atoms with van der Waals surface area (Å²) in [6.45, 7) is 0.963. The van der Waals surface area contributed by atoms with Crippen molar-refractivity contribution in [2.75, 3.05) is 19.7 Å². The molecule has 1 amide bonds. The molecule has 0 aromatic heterocycles. The van der Waals surface area contributed by atoms with Gasteiger partial charge < -0.3 is 19.5 Å². The molecule has 0 spiro atoms. The molecule has 2 atom stereocenters. The van der Waals surface area contributed by atoms with Crippen molar-refractivity contribution in [1.82, 2.24) is 4.90 Å². The van der Waals surface area contributed by atoms with E-state index in [1.54, 1.807) is 4.90 Å². The van der Waals surface area contributed by atoms with Gasteiger partial charge in [0.1, 0.15) is 13.2 Å². The second kappa shape index (κ2) is 7.87. The number of aliphatic hydroxyl groups excluding tert-OH is 1. The molecule has 1 saturated carbocycles. The van der Waals surface area contributed by atoms with Crippen LogP contribution < -0.4 is 0 Å². The molecule has 0 bridgehead atoms. The molecule has 0 radical (unpaired) electrons. The molecule has 1 aliphatic heterocycles. The maximum atomic E-state index is 12.9. The smallest absolute Gasteiger partial charge is 0.410 e. The fraction of sp³-hybridized carbons (Fsp3) is 0.391. The molecule has 2 unspecified atom stereocenters. The van der Waals surface area contributed by atoms with Crippen molar-refractivity contribution < 1.29 is 24.2 Å². The summed E-state index contributed by atoms with van der Waals surface area (Å²) in [5.74, 6) is -0.351. The van der Waals surface area contributed by atoms with E-state index in [1.165, 1.54) is 0 Å². The first-order valence-corrected chi connectivity index (χ1v) is 9.86. The van der Waals surface area contributed by atoms with Gasteiger partial charge >= 0.3 is 12.1 Å². The highest BCUT2D eigenvalue weighted by Crippen LogP contribution is 2.68. The lowest BCUT2D eigenvalue weighted by Crippen LogP contribution is -2.48. The molecule has 2 aromatic rings. The number of piperidine rings is 1. The van der Waals surface area contributed by atoms with Gasteiger partial charge in [-0.1, -0.05) is 60.7 Å². The van der Waals surface area contributed by atoms with Gasteiger partial charge in [0, 0.05) is 25.1 Å². The summed E-state index contributed by atoms with van der Waals surface area (Å²) in [6.07, 6.45) is 0.652. The summed E-state index contributed by atoms with van der Waals surface area (Å²) in [7, 11) is 0. The van der Waals surface area contributed by atoms with Gasteiger partial charge in [-0.3, -0.25) is 4.79 Å². The summed E-state index contributed by atoms with van der Waals surface area (Å²) in [5.41, 5.74) is 0.478. The minimum absolute atomic E-state index is 0.0830. The van der Waals surface area contributed by atoms with Crippen LogP contribution in [0.4, 0.5) is 4.79 Å². The van der Waals surface area contributed by atoms with Crippen molar-refractivity contribution in [2.24, 2.45) is 10.8 Å². The molecule has 1 N–H and O–H groups in total. The van der Waals surface area contributed by atoms with Gasteiger partial charge in [0.25, 0.3) is 0 Å². The third kappa shape index (κ3) is 3.72. The Labute approximate surface area is 170 Å². The summed E-state index contributed by atoms with van der Waals surface area (Å²) in [4.78, 5) is 27.1. The van der Waals surface area contributed by atoms with Gasteiger partial charge in [-0.25, -0.2) is 4.79 Å². The lowest BCUT2D eigenvalue weighted by atomic mass is 9.86. The molecule has 6 heteroatoms. The van der Waals surface area contributed by atoms with Crippen LogP contribution in [0.2, 0.25) is 0 Å². The van der Waals surface area contributed by atoms with Crippen LogP contribution in [-0.2, 0) is 27.5 Å². The average molecular weight is 395 g/mol. The quantitative estimate of drug-likeness (QED) is 0.761. The average Bonchev–Trinajstić information content (AvgIpc) is 3.47. The standard InChI is InChI=1S/C23H25NO5/c25-17-22-11-12-24(21(27)29-14-19-9-5-2-6-10-19)16-23(22,15-22)20(26)28-13-18-7-3-1-4-8-18/h1-10,25H,11-17H2. The highest BCUT2D eigenvalue weighted by Gasteiger charge is 2.74. The van der Waals surface area contributed by atoms with Crippen LogP contribution in [0.5, 0.6) is 0 Å². The zero-order valence-electron chi connectivity index (χ0n) is 16.3. The second-order valence-electron chi connectivity index (χ2n) is 7.97. The van der Waals surface area contributed by atoms with E-state index < -0.39 is 16.9 Å². The highest BCUT2D eigenvalue weighted by atomic mass is 16.6. The third-order valence-electron chi connectivity index (χ3n) is 6.22. The number of carbonyl (C=O) groups excluding carboxylic acids is 2. The first-order chi connectivity index (χ1) is 14.1. The number of ether oxygens (including phenoxy) is 2. The van der Waals surface area contributed by atoms with Crippen molar-refractivity contribution in [1.29, 1.82) is 0 Å². The monoisotopic (exact) mass is 395 g/mol. The third-order valence-corrected chi connectivity index (χ3v) is 6.22. The van der Waals surface area contributed by atoms with Crippen LogP contribution in [0, 0.1) is 10.8 Å². The number of benzene rings is 2. The number of nitrogens with zero attached hydrogens (tertiary/aromatic N) is 1. The van der Waals surface area contributed by atoms with E-state index in [9.17, 15) is 14.7 Å². The predicted octanol–water partition coefficient (Wildman–Crippen LogP) is 3.14. The summed E-state index contributed by atoms with van der Waals surface area (Å²) in [5, 5.41) is 9.93. The van der Waals surface area contributed by atoms with Crippen molar-refractivity contribution >= 4 is 12.1 Å². The molecule has 152 valence electrons. The fourth-order valence-electron chi connectivity index (χ4n) is 4.31. The van der Waals surface area contributed by atoms with Gasteiger partial charge in [0.05, 0.1) is 5.41 Å². The maximum Gasteiger partial charge on any atom is 0.410 e. The summed E-state index contributed by atoms with van der Waals surface area (Å²) in [6, 6.07) is 18.9. The summed E-state index contributed by atoms with van der Waals surface area (Å²) >= 11 is 0. The van der Waals surface area contributed by atoms with Gasteiger partial charge in [-0.2, -0.15) is 0 Å². The Bertz CT molecular complexity index is 871. The Morgan fingerprint density at radius 1 is 0.931 bits per heavy atom. The van der Waals surface area contributed by atoms with Gasteiger partial charge in [0.2, 0.25) is 0 Å². The number of hydrogen-bond acceptors (Lipinski definition) is 5. The molecule has 1 heterocycles. The van der Waals surface area contributed by atoms with Crippen LogP contribution >= 0.6 is 0 Å². The van der Waals surface area contributed by atoms with E-state index in [0.717, 1.165) is 11.1 Å². The topological polar surface area (TPSA) is 76.1 Å². The first-order valence-electron chi connectivity index (χ1n) is 9.86. The molecule has 2 aliphatic rings. The summed E-state index contributed by atoms with van der Waals surface area (Å²) < 4.78 is 11.0. The Morgan fingerprint density at radius 2 is 1.52 bits per heavy atom. The van der Waals surface area contributed by atoms with Gasteiger partial charge in [-0.15, -0.1) is 0 Å². The SMILES string of the molecule is O=C(OCc1ccccc1)N1CCC2(CO)CC2(C(=O)OCc2ccccc2)C1. The van der Waals surface area contributed by atoms with Crippen molar-refractivity contribution in [2.45, 2.75) is 26.1 Å². The zero-order valence-corrected chi connectivity index (χ0v) is 16.3. The van der Waals surface area contributed by atoms with Crippen molar-refractivity contribution in [3.63, 3.8) is 0 Å². The van der Waals surface area contributed by atoms with E-state index in [2.05, 4.69) is 0 Å². The molecule has 2 aromatic carbocycles. The second-order valence-corrected chi connectivity index (χ2v) is 7.97. The first kappa shape index (κ1) is 19.5. The number of fused-ring (bicyclic) bond motifs is 1. The van der Waals surface area contributed by atoms with Gasteiger partial charge in [0.15, 0.2) is 0 Å². The minimum Gasteiger partial charge on any atom is -0.460 e. The van der Waals surface area contributed by atoms with Gasteiger partial charge in [-0.05, 0) is 24.0 Å². The van der Waals surface area contributed by atoms with E-state index >= 15 is 0 Å². The molecule has 2 fully saturated rings. The van der Waals surface area contributed by atoms with E-state index in [0.29, 0.717) is 19.4 Å². The van der Waals surface area contributed by atoms with Crippen molar-refractivity contribution in [3.05, 3.63) is 71.8 Å². The lowest BCUT2D eigenvalue weighted by molar-refractivity contribution is -0.156. The fourth-order valence-corrected chi connectivity index (χ4v) is 4.31. The number of amides is 1. The van der Waals surface area contributed by atoms with Crippen LogP contribution in [0.3, 0.4) is 0 Å². The van der Waals surface area contributed by atoms with Crippen LogP contribution in [0.25, 0.3) is 0 Å². The minimum atomic E-state index is -0.847. The molecule has 6 nitrogen and oxygen atoms in total. The molecule has 4 rings (SSSR count). The van der Waals surface area contributed by atoms with E-state index in [-0.39, 0.29) is 32.3 Å². The molecule has 1 aliphatic carbocycles. The number of rotatable bonds is 6. The normalized spacial score (nSPS) is 25.1. The zero-order chi connectivity index (χ0) is 20.3. The molecule has 29 heavy (non-hydrogen) atoms. The van der Waals surface area contributed by atoms with Crippen molar-refractivity contribution in [3.8, 4) is 0 Å². The van der Waals surface area contributed by atoms with Crippen LogP contribution in [0.15, 0.2) is 60.7 Å². The molecular weight excluding hydrogens is 370 g/mol. The lowest BCUT2D eigenvalue weighted by Gasteiger charge is -2.35. The number of likely N-dealkylation sites (tertiary alicyclic amines) is 1. The molecule has 1 saturated heterocycles. The Kier molecular flexibility index (Phi) is 5.28. The Hall–Kier alpha value is -2.86. The number of carbonyl (C=O) groups is 2. The molecular formula is C23H25NO5. The maximum absolute atomic E-state index is 12.9. The van der Waals surface area contributed by atoms with E-state index in [4.69, 9.17) is 9.47 Å². The Balaban J connectivity index is 1.39. The van der Waals surface area contributed by atoms with Crippen LogP contribution in [-0.4, -0.2) is 41.8 Å². The van der Waals surface area contributed by atoms with E-state index in [1.807, 2.05) is 60.7 Å². The van der Waals surface area contributed by atoms with Crippen LogP contribution in [0.1, 0.15) is 24.0 Å². The highest BCUT2D eigenvalue weighted by molar-refractivity contribution is 5.84.